The lowest BCUT2D eigenvalue weighted by molar-refractivity contribution is -0.144. The zero-order chi connectivity index (χ0) is 11.6. The van der Waals surface area contributed by atoms with Gasteiger partial charge in [0.1, 0.15) is 6.04 Å². The fraction of sp³-hybridized carbons (Fsp3) is 0.800. The van der Waals surface area contributed by atoms with Gasteiger partial charge in [0.2, 0.25) is 11.8 Å². The van der Waals surface area contributed by atoms with Crippen molar-refractivity contribution in [3.05, 3.63) is 0 Å². The highest BCUT2D eigenvalue weighted by molar-refractivity contribution is 5.91. The normalized spacial score (nSPS) is 22.6. The van der Waals surface area contributed by atoms with Gasteiger partial charge in [0.05, 0.1) is 5.54 Å². The van der Waals surface area contributed by atoms with Gasteiger partial charge in [0.25, 0.3) is 0 Å². The first-order valence-corrected chi connectivity index (χ1v) is 5.23. The number of primary amides is 1. The standard InChI is InChI=1S/C10H19N3O2/c1-10(2,12)9(15)13-6-4-3-5-7(13)8(11)14/h7H,3-6,12H2,1-2H3,(H2,11,14). The van der Waals surface area contributed by atoms with Crippen molar-refractivity contribution in [1.29, 1.82) is 0 Å². The Labute approximate surface area is 89.8 Å². The largest absolute Gasteiger partial charge is 0.368 e. The van der Waals surface area contributed by atoms with Gasteiger partial charge in [0.15, 0.2) is 0 Å². The summed E-state index contributed by atoms with van der Waals surface area (Å²) < 4.78 is 0. The smallest absolute Gasteiger partial charge is 0.242 e. The van der Waals surface area contributed by atoms with Crippen LogP contribution >= 0.6 is 0 Å². The van der Waals surface area contributed by atoms with Crippen molar-refractivity contribution < 1.29 is 9.59 Å². The van der Waals surface area contributed by atoms with Crippen LogP contribution in [-0.2, 0) is 9.59 Å². The molecule has 1 aliphatic rings. The molecule has 5 heteroatoms. The lowest BCUT2D eigenvalue weighted by atomic mass is 9.97. The van der Waals surface area contributed by atoms with E-state index in [1.165, 1.54) is 4.90 Å². The number of carbonyl (C=O) groups is 2. The van der Waals surface area contributed by atoms with Crippen LogP contribution in [0.3, 0.4) is 0 Å². The van der Waals surface area contributed by atoms with Crippen molar-refractivity contribution in [1.82, 2.24) is 4.90 Å². The highest BCUT2D eigenvalue weighted by Gasteiger charge is 2.36. The Bertz CT molecular complexity index is 270. The van der Waals surface area contributed by atoms with E-state index in [2.05, 4.69) is 0 Å². The summed E-state index contributed by atoms with van der Waals surface area (Å²) in [5.74, 6) is -0.640. The molecule has 1 rings (SSSR count). The molecule has 2 amide bonds. The van der Waals surface area contributed by atoms with E-state index in [-0.39, 0.29) is 5.91 Å². The van der Waals surface area contributed by atoms with Crippen molar-refractivity contribution >= 4 is 11.8 Å². The molecule has 5 nitrogen and oxygen atoms in total. The number of rotatable bonds is 2. The van der Waals surface area contributed by atoms with E-state index >= 15 is 0 Å². The van der Waals surface area contributed by atoms with Crippen molar-refractivity contribution in [2.75, 3.05) is 6.54 Å². The van der Waals surface area contributed by atoms with Crippen molar-refractivity contribution in [3.8, 4) is 0 Å². The molecule has 15 heavy (non-hydrogen) atoms. The number of piperidine rings is 1. The van der Waals surface area contributed by atoms with Gasteiger partial charge in [-0.1, -0.05) is 0 Å². The molecule has 0 aromatic carbocycles. The van der Waals surface area contributed by atoms with E-state index in [0.717, 1.165) is 12.8 Å². The molecular formula is C10H19N3O2. The van der Waals surface area contributed by atoms with Gasteiger partial charge in [-0.2, -0.15) is 0 Å². The summed E-state index contributed by atoms with van der Waals surface area (Å²) in [6, 6.07) is -0.478. The molecule has 0 spiro atoms. The van der Waals surface area contributed by atoms with E-state index in [9.17, 15) is 9.59 Å². The summed E-state index contributed by atoms with van der Waals surface area (Å²) in [7, 11) is 0. The highest BCUT2D eigenvalue weighted by atomic mass is 16.2. The van der Waals surface area contributed by atoms with Crippen LogP contribution in [-0.4, -0.2) is 34.8 Å². The molecule has 0 radical (unpaired) electrons. The van der Waals surface area contributed by atoms with Gasteiger partial charge in [0, 0.05) is 6.54 Å². The Morgan fingerprint density at radius 2 is 1.93 bits per heavy atom. The van der Waals surface area contributed by atoms with Gasteiger partial charge in [-0.25, -0.2) is 0 Å². The van der Waals surface area contributed by atoms with Crippen LogP contribution in [0.5, 0.6) is 0 Å². The first-order chi connectivity index (χ1) is 6.84. The van der Waals surface area contributed by atoms with Gasteiger partial charge < -0.3 is 16.4 Å². The van der Waals surface area contributed by atoms with Crippen LogP contribution in [0.15, 0.2) is 0 Å². The molecule has 86 valence electrons. The molecule has 1 unspecified atom stereocenters. The molecule has 4 N–H and O–H groups in total. The summed E-state index contributed by atoms with van der Waals surface area (Å²) in [6.07, 6.45) is 2.49. The van der Waals surface area contributed by atoms with Crippen molar-refractivity contribution in [2.24, 2.45) is 11.5 Å². The molecule has 1 heterocycles. The molecule has 1 aliphatic heterocycles. The highest BCUT2D eigenvalue weighted by Crippen LogP contribution is 2.19. The van der Waals surface area contributed by atoms with E-state index in [1.54, 1.807) is 13.8 Å². The zero-order valence-electron chi connectivity index (χ0n) is 9.32. The van der Waals surface area contributed by atoms with Crippen LogP contribution in [0.25, 0.3) is 0 Å². The zero-order valence-corrected chi connectivity index (χ0v) is 9.32. The first kappa shape index (κ1) is 12.0. The van der Waals surface area contributed by atoms with Gasteiger partial charge in [-0.05, 0) is 33.1 Å². The van der Waals surface area contributed by atoms with Crippen molar-refractivity contribution in [2.45, 2.75) is 44.7 Å². The average molecular weight is 213 g/mol. The molecule has 0 aromatic rings. The van der Waals surface area contributed by atoms with Crippen LogP contribution in [0.2, 0.25) is 0 Å². The van der Waals surface area contributed by atoms with Gasteiger partial charge in [-0.15, -0.1) is 0 Å². The van der Waals surface area contributed by atoms with E-state index < -0.39 is 17.5 Å². The molecule has 0 aliphatic carbocycles. The van der Waals surface area contributed by atoms with Gasteiger partial charge in [-0.3, -0.25) is 9.59 Å². The summed E-state index contributed by atoms with van der Waals surface area (Å²) in [5, 5.41) is 0. The number of hydrogen-bond acceptors (Lipinski definition) is 3. The maximum Gasteiger partial charge on any atom is 0.242 e. The minimum atomic E-state index is -0.939. The number of carbonyl (C=O) groups excluding carboxylic acids is 2. The van der Waals surface area contributed by atoms with Crippen LogP contribution in [0.4, 0.5) is 0 Å². The Morgan fingerprint density at radius 1 is 1.33 bits per heavy atom. The second-order valence-corrected chi connectivity index (χ2v) is 4.63. The monoisotopic (exact) mass is 213 g/mol. The van der Waals surface area contributed by atoms with Gasteiger partial charge >= 0.3 is 0 Å². The molecule has 1 saturated heterocycles. The quantitative estimate of drug-likeness (QED) is 0.653. The number of hydrogen-bond donors (Lipinski definition) is 2. The Hall–Kier alpha value is -1.10. The van der Waals surface area contributed by atoms with E-state index in [1.807, 2.05) is 0 Å². The third-order valence-corrected chi connectivity index (χ3v) is 2.64. The Morgan fingerprint density at radius 3 is 2.40 bits per heavy atom. The summed E-state index contributed by atoms with van der Waals surface area (Å²) in [5.41, 5.74) is 10.1. The van der Waals surface area contributed by atoms with Crippen LogP contribution in [0.1, 0.15) is 33.1 Å². The fourth-order valence-corrected chi connectivity index (χ4v) is 1.84. The topological polar surface area (TPSA) is 89.4 Å². The Kier molecular flexibility index (Phi) is 3.34. The molecule has 0 saturated carbocycles. The molecule has 1 fully saturated rings. The predicted molar refractivity (Wildman–Crippen MR) is 56.8 cm³/mol. The second-order valence-electron chi connectivity index (χ2n) is 4.63. The molecule has 1 atom stereocenters. The first-order valence-electron chi connectivity index (χ1n) is 5.23. The second kappa shape index (κ2) is 4.18. The average Bonchev–Trinajstić information content (AvgIpc) is 2.15. The van der Waals surface area contributed by atoms with Crippen LogP contribution in [0, 0.1) is 0 Å². The minimum Gasteiger partial charge on any atom is -0.368 e. The summed E-state index contributed by atoms with van der Waals surface area (Å²) >= 11 is 0. The number of likely N-dealkylation sites (tertiary alicyclic amines) is 1. The third-order valence-electron chi connectivity index (χ3n) is 2.64. The number of amides is 2. The Balaban J connectivity index is 2.81. The summed E-state index contributed by atoms with van der Waals surface area (Å²) in [6.45, 7) is 3.86. The SMILES string of the molecule is CC(C)(N)C(=O)N1CCCCC1C(N)=O. The maximum absolute atomic E-state index is 11.9. The van der Waals surface area contributed by atoms with Crippen molar-refractivity contribution in [3.63, 3.8) is 0 Å². The predicted octanol–water partition coefficient (Wildman–Crippen LogP) is -0.410. The minimum absolute atomic E-state index is 0.203. The molecule has 0 aromatic heterocycles. The molecule has 0 bridgehead atoms. The molecular weight excluding hydrogens is 194 g/mol. The van der Waals surface area contributed by atoms with E-state index in [4.69, 9.17) is 11.5 Å². The number of nitrogens with two attached hydrogens (primary N) is 2. The number of nitrogens with zero attached hydrogens (tertiary/aromatic N) is 1. The maximum atomic E-state index is 11.9. The third kappa shape index (κ3) is 2.68. The lowest BCUT2D eigenvalue weighted by Gasteiger charge is -2.37. The summed E-state index contributed by atoms with van der Waals surface area (Å²) in [4.78, 5) is 24.6. The lowest BCUT2D eigenvalue weighted by Crippen LogP contribution is -2.58. The fourth-order valence-electron chi connectivity index (χ4n) is 1.84. The van der Waals surface area contributed by atoms with E-state index in [0.29, 0.717) is 13.0 Å². The van der Waals surface area contributed by atoms with Crippen LogP contribution < -0.4 is 11.5 Å².